The second kappa shape index (κ2) is 7.31. The molecule has 0 saturated carbocycles. The van der Waals surface area contributed by atoms with Crippen molar-refractivity contribution in [1.82, 2.24) is 14.6 Å². The van der Waals surface area contributed by atoms with Crippen LogP contribution < -0.4 is 0 Å². The standard InChI is InChI=1S/C26H18N4/c1-18-23(19-11-5-2-6-12-19)22(17-27)26-28-25(21-15-9-4-10-16-21)29-30(26)24(18)20-13-7-3-8-14-20/h2-16H,1H3. The van der Waals surface area contributed by atoms with Crippen LogP contribution in [0.25, 0.3) is 39.4 Å². The normalized spacial score (nSPS) is 10.8. The Labute approximate surface area is 174 Å². The van der Waals surface area contributed by atoms with E-state index in [2.05, 4.69) is 25.1 Å². The van der Waals surface area contributed by atoms with E-state index in [4.69, 9.17) is 10.1 Å². The third-order valence-corrected chi connectivity index (χ3v) is 5.28. The lowest BCUT2D eigenvalue weighted by molar-refractivity contribution is 0.964. The lowest BCUT2D eigenvalue weighted by Crippen LogP contribution is -2.03. The summed E-state index contributed by atoms with van der Waals surface area (Å²) in [5.74, 6) is 0.605. The lowest BCUT2D eigenvalue weighted by Gasteiger charge is -2.15. The summed E-state index contributed by atoms with van der Waals surface area (Å²) in [4.78, 5) is 4.80. The number of rotatable bonds is 3. The van der Waals surface area contributed by atoms with Gasteiger partial charge in [0, 0.05) is 16.7 Å². The van der Waals surface area contributed by atoms with Gasteiger partial charge in [0.15, 0.2) is 11.5 Å². The molecular weight excluding hydrogens is 368 g/mol. The van der Waals surface area contributed by atoms with Gasteiger partial charge in [-0.05, 0) is 18.1 Å². The molecule has 0 N–H and O–H groups in total. The largest absolute Gasteiger partial charge is 0.211 e. The molecule has 0 atom stereocenters. The van der Waals surface area contributed by atoms with Gasteiger partial charge in [0.25, 0.3) is 0 Å². The van der Waals surface area contributed by atoms with E-state index < -0.39 is 0 Å². The first-order valence-corrected chi connectivity index (χ1v) is 9.77. The van der Waals surface area contributed by atoms with Crippen LogP contribution in [0.1, 0.15) is 11.1 Å². The molecule has 142 valence electrons. The van der Waals surface area contributed by atoms with Gasteiger partial charge in [0.1, 0.15) is 11.6 Å². The first kappa shape index (κ1) is 17.8. The maximum absolute atomic E-state index is 10.1. The second-order valence-corrected chi connectivity index (χ2v) is 7.10. The zero-order chi connectivity index (χ0) is 20.5. The van der Waals surface area contributed by atoms with Crippen LogP contribution in [0.4, 0.5) is 0 Å². The highest BCUT2D eigenvalue weighted by atomic mass is 15.3. The summed E-state index contributed by atoms with van der Waals surface area (Å²) >= 11 is 0. The number of fused-ring (bicyclic) bond motifs is 1. The van der Waals surface area contributed by atoms with Crippen LogP contribution in [-0.4, -0.2) is 14.6 Å². The number of nitrogens with zero attached hydrogens (tertiary/aromatic N) is 4. The maximum atomic E-state index is 10.1. The molecule has 30 heavy (non-hydrogen) atoms. The number of pyridine rings is 1. The molecule has 0 fully saturated rings. The Morgan fingerprint density at radius 3 is 1.83 bits per heavy atom. The van der Waals surface area contributed by atoms with Crippen LogP contribution in [0.2, 0.25) is 0 Å². The van der Waals surface area contributed by atoms with Gasteiger partial charge < -0.3 is 0 Å². The Hall–Kier alpha value is -4.23. The SMILES string of the molecule is Cc1c(-c2ccccc2)c(C#N)c2nc(-c3ccccc3)nn2c1-c1ccccc1. The molecule has 0 spiro atoms. The summed E-state index contributed by atoms with van der Waals surface area (Å²) in [7, 11) is 0. The van der Waals surface area contributed by atoms with Crippen molar-refractivity contribution in [3.8, 4) is 39.8 Å². The first-order valence-electron chi connectivity index (χ1n) is 9.77. The fraction of sp³-hybridized carbons (Fsp3) is 0.0385. The molecule has 0 unspecified atom stereocenters. The van der Waals surface area contributed by atoms with E-state index in [1.165, 1.54) is 0 Å². The number of benzene rings is 3. The van der Waals surface area contributed by atoms with Crippen molar-refractivity contribution in [3.63, 3.8) is 0 Å². The Morgan fingerprint density at radius 2 is 1.27 bits per heavy atom. The number of nitriles is 1. The molecule has 0 saturated heterocycles. The van der Waals surface area contributed by atoms with Crippen LogP contribution in [0, 0.1) is 18.3 Å². The fourth-order valence-electron chi connectivity index (χ4n) is 3.92. The molecule has 2 heterocycles. The highest BCUT2D eigenvalue weighted by molar-refractivity contribution is 5.86. The molecule has 0 aliphatic carbocycles. The first-order chi connectivity index (χ1) is 14.8. The number of aromatic nitrogens is 3. The summed E-state index contributed by atoms with van der Waals surface area (Å²) in [5, 5.41) is 14.9. The third-order valence-electron chi connectivity index (χ3n) is 5.28. The van der Waals surface area contributed by atoms with Gasteiger partial charge in [-0.2, -0.15) is 5.26 Å². The van der Waals surface area contributed by atoms with Gasteiger partial charge in [-0.25, -0.2) is 9.50 Å². The molecular formula is C26H18N4. The summed E-state index contributed by atoms with van der Waals surface area (Å²) in [5.41, 5.74) is 6.90. The molecule has 0 bridgehead atoms. The van der Waals surface area contributed by atoms with Crippen molar-refractivity contribution < 1.29 is 0 Å². The zero-order valence-electron chi connectivity index (χ0n) is 16.4. The van der Waals surface area contributed by atoms with Gasteiger partial charge in [0.2, 0.25) is 0 Å². The minimum atomic E-state index is 0.535. The second-order valence-electron chi connectivity index (χ2n) is 7.10. The van der Waals surface area contributed by atoms with Crippen molar-refractivity contribution in [2.24, 2.45) is 0 Å². The molecule has 0 aliphatic heterocycles. The Kier molecular flexibility index (Phi) is 4.34. The molecule has 3 aromatic carbocycles. The van der Waals surface area contributed by atoms with Gasteiger partial charge in [-0.15, -0.1) is 5.10 Å². The average Bonchev–Trinajstić information content (AvgIpc) is 3.24. The predicted octanol–water partition coefficient (Wildman–Crippen LogP) is 5.91. The van der Waals surface area contributed by atoms with Gasteiger partial charge in [-0.3, -0.25) is 0 Å². The minimum Gasteiger partial charge on any atom is -0.211 e. The van der Waals surface area contributed by atoms with Gasteiger partial charge in [-0.1, -0.05) is 91.0 Å². The molecule has 4 nitrogen and oxygen atoms in total. The fourth-order valence-corrected chi connectivity index (χ4v) is 3.92. The van der Waals surface area contributed by atoms with Gasteiger partial charge >= 0.3 is 0 Å². The number of hydrogen-bond donors (Lipinski definition) is 0. The van der Waals surface area contributed by atoms with E-state index in [0.29, 0.717) is 17.0 Å². The van der Waals surface area contributed by atoms with E-state index in [9.17, 15) is 5.26 Å². The van der Waals surface area contributed by atoms with E-state index >= 15 is 0 Å². The summed E-state index contributed by atoms with van der Waals surface area (Å²) in [6.07, 6.45) is 0. The maximum Gasteiger partial charge on any atom is 0.182 e. The summed E-state index contributed by atoms with van der Waals surface area (Å²) < 4.78 is 1.82. The molecule has 0 radical (unpaired) electrons. The Morgan fingerprint density at radius 1 is 0.733 bits per heavy atom. The molecule has 5 aromatic rings. The van der Waals surface area contributed by atoms with E-state index in [1.54, 1.807) is 0 Å². The van der Waals surface area contributed by atoms with E-state index in [1.807, 2.05) is 83.4 Å². The molecule has 5 rings (SSSR count). The summed E-state index contributed by atoms with van der Waals surface area (Å²) in [6.45, 7) is 2.05. The molecule has 0 amide bonds. The van der Waals surface area contributed by atoms with Crippen LogP contribution in [-0.2, 0) is 0 Å². The van der Waals surface area contributed by atoms with Crippen LogP contribution >= 0.6 is 0 Å². The van der Waals surface area contributed by atoms with E-state index in [0.717, 1.165) is 33.5 Å². The Balaban J connectivity index is 1.92. The Bertz CT molecular complexity index is 1380. The van der Waals surface area contributed by atoms with Crippen molar-refractivity contribution in [1.29, 1.82) is 5.26 Å². The highest BCUT2D eigenvalue weighted by Crippen LogP contribution is 2.37. The minimum absolute atomic E-state index is 0.535. The monoisotopic (exact) mass is 386 g/mol. The quantitative estimate of drug-likeness (QED) is 0.387. The summed E-state index contributed by atoms with van der Waals surface area (Å²) in [6, 6.07) is 32.4. The van der Waals surface area contributed by atoms with Crippen molar-refractivity contribution in [2.75, 3.05) is 0 Å². The molecule has 4 heteroatoms. The smallest absolute Gasteiger partial charge is 0.182 e. The predicted molar refractivity (Wildman–Crippen MR) is 119 cm³/mol. The molecule has 0 aliphatic rings. The van der Waals surface area contributed by atoms with Crippen LogP contribution in [0.5, 0.6) is 0 Å². The van der Waals surface area contributed by atoms with Gasteiger partial charge in [0.05, 0.1) is 5.69 Å². The van der Waals surface area contributed by atoms with Crippen molar-refractivity contribution in [3.05, 3.63) is 102 Å². The van der Waals surface area contributed by atoms with Crippen LogP contribution in [0.15, 0.2) is 91.0 Å². The number of hydrogen-bond acceptors (Lipinski definition) is 3. The highest BCUT2D eigenvalue weighted by Gasteiger charge is 2.22. The topological polar surface area (TPSA) is 54.0 Å². The van der Waals surface area contributed by atoms with E-state index in [-0.39, 0.29) is 0 Å². The van der Waals surface area contributed by atoms with Crippen molar-refractivity contribution in [2.45, 2.75) is 6.92 Å². The third kappa shape index (κ3) is 2.85. The van der Waals surface area contributed by atoms with Crippen molar-refractivity contribution >= 4 is 5.65 Å². The average molecular weight is 386 g/mol. The van der Waals surface area contributed by atoms with Crippen LogP contribution in [0.3, 0.4) is 0 Å². The lowest BCUT2D eigenvalue weighted by atomic mass is 9.93. The zero-order valence-corrected chi connectivity index (χ0v) is 16.4. The molecule has 2 aromatic heterocycles.